The van der Waals surface area contributed by atoms with Crippen molar-refractivity contribution in [3.63, 3.8) is 0 Å². The standard InChI is InChI=1S/C19H19NO3/c1-13-8-9-16(12-18(13)21)22-11-10-17-14(2)23-19(20-17)15-6-4-3-5-7-15/h3-9,12,21H,10-11H2,1-2H3. The first-order valence-electron chi connectivity index (χ1n) is 7.57. The molecule has 0 fully saturated rings. The predicted octanol–water partition coefficient (Wildman–Crippen LogP) is 4.29. The highest BCUT2D eigenvalue weighted by atomic mass is 16.5. The number of aromatic hydroxyl groups is 1. The molecule has 1 aromatic heterocycles. The first-order valence-corrected chi connectivity index (χ1v) is 7.57. The maximum Gasteiger partial charge on any atom is 0.226 e. The lowest BCUT2D eigenvalue weighted by Crippen LogP contribution is -2.02. The van der Waals surface area contributed by atoms with Crippen molar-refractivity contribution >= 4 is 0 Å². The van der Waals surface area contributed by atoms with E-state index in [0.29, 0.717) is 24.7 Å². The van der Waals surface area contributed by atoms with Crippen LogP contribution in [0.25, 0.3) is 11.5 Å². The minimum atomic E-state index is 0.242. The van der Waals surface area contributed by atoms with E-state index in [1.54, 1.807) is 6.07 Å². The number of phenols is 1. The first kappa shape index (κ1) is 15.2. The van der Waals surface area contributed by atoms with Gasteiger partial charge in [0.2, 0.25) is 5.89 Å². The number of rotatable bonds is 5. The van der Waals surface area contributed by atoms with Crippen LogP contribution in [-0.2, 0) is 6.42 Å². The molecule has 3 aromatic rings. The molecule has 0 saturated heterocycles. The summed E-state index contributed by atoms with van der Waals surface area (Å²) in [5, 5.41) is 9.68. The summed E-state index contributed by atoms with van der Waals surface area (Å²) in [6.07, 6.45) is 0.650. The lowest BCUT2D eigenvalue weighted by molar-refractivity contribution is 0.317. The van der Waals surface area contributed by atoms with Crippen LogP contribution in [0.15, 0.2) is 52.9 Å². The van der Waals surface area contributed by atoms with Gasteiger partial charge in [0.15, 0.2) is 0 Å². The summed E-state index contributed by atoms with van der Waals surface area (Å²) in [6.45, 7) is 4.24. The Labute approximate surface area is 135 Å². The molecule has 0 bridgehead atoms. The van der Waals surface area contributed by atoms with E-state index in [1.807, 2.05) is 56.3 Å². The first-order chi connectivity index (χ1) is 11.1. The van der Waals surface area contributed by atoms with Gasteiger partial charge in [0.1, 0.15) is 17.3 Å². The third kappa shape index (κ3) is 3.54. The molecule has 0 spiro atoms. The molecule has 118 valence electrons. The Bertz CT molecular complexity index is 794. The second kappa shape index (κ2) is 6.57. The average Bonchev–Trinajstić information content (AvgIpc) is 2.93. The van der Waals surface area contributed by atoms with Gasteiger partial charge in [-0.2, -0.15) is 0 Å². The van der Waals surface area contributed by atoms with Gasteiger partial charge in [-0.25, -0.2) is 4.98 Å². The summed E-state index contributed by atoms with van der Waals surface area (Å²) in [5.41, 5.74) is 2.68. The molecule has 4 heteroatoms. The van der Waals surface area contributed by atoms with Gasteiger partial charge in [-0.15, -0.1) is 0 Å². The van der Waals surface area contributed by atoms with Gasteiger partial charge >= 0.3 is 0 Å². The van der Waals surface area contributed by atoms with E-state index in [1.165, 1.54) is 0 Å². The molecule has 4 nitrogen and oxygen atoms in total. The molecule has 0 radical (unpaired) electrons. The third-order valence-corrected chi connectivity index (χ3v) is 3.70. The van der Waals surface area contributed by atoms with Crippen LogP contribution < -0.4 is 4.74 Å². The topological polar surface area (TPSA) is 55.5 Å². The molecular formula is C19H19NO3. The van der Waals surface area contributed by atoms with Gasteiger partial charge in [-0.1, -0.05) is 24.3 Å². The lowest BCUT2D eigenvalue weighted by Gasteiger charge is -2.06. The Balaban J connectivity index is 1.64. The Morgan fingerprint density at radius 2 is 1.87 bits per heavy atom. The van der Waals surface area contributed by atoms with Gasteiger partial charge in [-0.3, -0.25) is 0 Å². The molecule has 0 amide bonds. The van der Waals surface area contributed by atoms with Gasteiger partial charge in [-0.05, 0) is 37.6 Å². The number of phenolic OH excluding ortho intramolecular Hbond substituents is 1. The lowest BCUT2D eigenvalue weighted by atomic mass is 10.2. The van der Waals surface area contributed by atoms with Crippen LogP contribution in [0.5, 0.6) is 11.5 Å². The normalized spacial score (nSPS) is 10.7. The zero-order valence-corrected chi connectivity index (χ0v) is 13.2. The minimum absolute atomic E-state index is 0.242. The number of oxazole rings is 1. The fourth-order valence-corrected chi connectivity index (χ4v) is 2.31. The van der Waals surface area contributed by atoms with Crippen molar-refractivity contribution in [2.45, 2.75) is 20.3 Å². The zero-order valence-electron chi connectivity index (χ0n) is 13.2. The predicted molar refractivity (Wildman–Crippen MR) is 88.7 cm³/mol. The van der Waals surface area contributed by atoms with E-state index in [4.69, 9.17) is 9.15 Å². The van der Waals surface area contributed by atoms with Crippen LogP contribution in [0.1, 0.15) is 17.0 Å². The molecule has 0 atom stereocenters. The van der Waals surface area contributed by atoms with E-state index < -0.39 is 0 Å². The van der Waals surface area contributed by atoms with Crippen molar-refractivity contribution in [2.24, 2.45) is 0 Å². The summed E-state index contributed by atoms with van der Waals surface area (Å²) < 4.78 is 11.4. The summed E-state index contributed by atoms with van der Waals surface area (Å²) >= 11 is 0. The summed E-state index contributed by atoms with van der Waals surface area (Å²) in [7, 11) is 0. The quantitative estimate of drug-likeness (QED) is 0.764. The molecule has 0 unspecified atom stereocenters. The van der Waals surface area contributed by atoms with Crippen molar-refractivity contribution in [1.29, 1.82) is 0 Å². The number of nitrogens with zero attached hydrogens (tertiary/aromatic N) is 1. The monoisotopic (exact) mass is 309 g/mol. The number of hydrogen-bond acceptors (Lipinski definition) is 4. The van der Waals surface area contributed by atoms with Gasteiger partial charge in [0, 0.05) is 18.1 Å². The van der Waals surface area contributed by atoms with Crippen molar-refractivity contribution in [3.05, 3.63) is 65.5 Å². The van der Waals surface area contributed by atoms with Crippen molar-refractivity contribution in [3.8, 4) is 23.0 Å². The van der Waals surface area contributed by atoms with Gasteiger partial charge in [0.25, 0.3) is 0 Å². The van der Waals surface area contributed by atoms with E-state index in [0.717, 1.165) is 22.6 Å². The molecule has 0 aliphatic carbocycles. The molecular weight excluding hydrogens is 290 g/mol. The molecule has 2 aromatic carbocycles. The Morgan fingerprint density at radius 1 is 1.09 bits per heavy atom. The molecule has 23 heavy (non-hydrogen) atoms. The number of aromatic nitrogens is 1. The number of aryl methyl sites for hydroxylation is 2. The van der Waals surface area contributed by atoms with Crippen LogP contribution in [0.4, 0.5) is 0 Å². The highest BCUT2D eigenvalue weighted by molar-refractivity contribution is 5.53. The molecule has 0 saturated carbocycles. The fraction of sp³-hybridized carbons (Fsp3) is 0.211. The third-order valence-electron chi connectivity index (χ3n) is 3.70. The Morgan fingerprint density at radius 3 is 2.61 bits per heavy atom. The second-order valence-corrected chi connectivity index (χ2v) is 5.43. The van der Waals surface area contributed by atoms with E-state index in [-0.39, 0.29) is 5.75 Å². The Kier molecular flexibility index (Phi) is 4.33. The van der Waals surface area contributed by atoms with E-state index >= 15 is 0 Å². The number of ether oxygens (including phenoxy) is 1. The van der Waals surface area contributed by atoms with E-state index in [2.05, 4.69) is 4.98 Å². The highest BCUT2D eigenvalue weighted by Crippen LogP contribution is 2.24. The second-order valence-electron chi connectivity index (χ2n) is 5.43. The molecule has 0 aliphatic heterocycles. The van der Waals surface area contributed by atoms with Crippen LogP contribution in [-0.4, -0.2) is 16.7 Å². The maximum absolute atomic E-state index is 9.68. The zero-order chi connectivity index (χ0) is 16.2. The van der Waals surface area contributed by atoms with Crippen LogP contribution in [0.2, 0.25) is 0 Å². The molecule has 0 aliphatic rings. The van der Waals surface area contributed by atoms with E-state index in [9.17, 15) is 5.11 Å². The SMILES string of the molecule is Cc1ccc(OCCc2nc(-c3ccccc3)oc2C)cc1O. The van der Waals surface area contributed by atoms with Crippen molar-refractivity contribution in [1.82, 2.24) is 4.98 Å². The van der Waals surface area contributed by atoms with Crippen molar-refractivity contribution < 1.29 is 14.3 Å². The van der Waals surface area contributed by atoms with Crippen molar-refractivity contribution in [2.75, 3.05) is 6.61 Å². The number of benzene rings is 2. The van der Waals surface area contributed by atoms with Crippen LogP contribution >= 0.6 is 0 Å². The summed E-state index contributed by atoms with van der Waals surface area (Å²) in [5.74, 6) is 2.33. The number of hydrogen-bond donors (Lipinski definition) is 1. The van der Waals surface area contributed by atoms with Gasteiger partial charge in [0.05, 0.1) is 12.3 Å². The van der Waals surface area contributed by atoms with Crippen LogP contribution in [0.3, 0.4) is 0 Å². The summed E-state index contributed by atoms with van der Waals surface area (Å²) in [4.78, 5) is 4.55. The highest BCUT2D eigenvalue weighted by Gasteiger charge is 2.11. The smallest absolute Gasteiger partial charge is 0.226 e. The summed E-state index contributed by atoms with van der Waals surface area (Å²) in [6, 6.07) is 15.1. The van der Waals surface area contributed by atoms with Gasteiger partial charge < -0.3 is 14.3 Å². The van der Waals surface area contributed by atoms with Crippen LogP contribution in [0, 0.1) is 13.8 Å². The molecule has 1 N–H and O–H groups in total. The fourth-order valence-electron chi connectivity index (χ4n) is 2.31. The average molecular weight is 309 g/mol. The molecule has 1 heterocycles. The molecule has 3 rings (SSSR count). The minimum Gasteiger partial charge on any atom is -0.508 e. The Hall–Kier alpha value is -2.75. The maximum atomic E-state index is 9.68. The largest absolute Gasteiger partial charge is 0.508 e.